The highest BCUT2D eigenvalue weighted by molar-refractivity contribution is 9.10. The third-order valence-corrected chi connectivity index (χ3v) is 2.13. The number of rotatable bonds is 4. The molecule has 0 saturated carbocycles. The number of ether oxygens (including phenoxy) is 1. The summed E-state index contributed by atoms with van der Waals surface area (Å²) < 4.78 is 5.95. The van der Waals surface area contributed by atoms with Crippen LogP contribution in [0.2, 0.25) is 0 Å². The van der Waals surface area contributed by atoms with Crippen LogP contribution >= 0.6 is 15.9 Å². The van der Waals surface area contributed by atoms with E-state index in [4.69, 9.17) is 9.84 Å². The molecule has 1 aromatic heterocycles. The molecule has 5 nitrogen and oxygen atoms in total. The van der Waals surface area contributed by atoms with Crippen molar-refractivity contribution in [1.82, 2.24) is 9.88 Å². The Labute approximate surface area is 95.8 Å². The van der Waals surface area contributed by atoms with Gasteiger partial charge in [0.25, 0.3) is 0 Å². The Hall–Kier alpha value is -1.30. The lowest BCUT2D eigenvalue weighted by molar-refractivity contribution is 0.146. The molecule has 82 valence electrons. The number of nitrogens with zero attached hydrogens (tertiary/aromatic N) is 2. The van der Waals surface area contributed by atoms with Gasteiger partial charge in [-0.1, -0.05) is 6.07 Å². The zero-order valence-corrected chi connectivity index (χ0v) is 9.77. The van der Waals surface area contributed by atoms with E-state index >= 15 is 0 Å². The van der Waals surface area contributed by atoms with Crippen LogP contribution in [-0.2, 0) is 0 Å². The number of pyridine rings is 1. The van der Waals surface area contributed by atoms with Crippen LogP contribution in [0, 0.1) is 0 Å². The van der Waals surface area contributed by atoms with Crippen LogP contribution in [-0.4, -0.2) is 41.3 Å². The van der Waals surface area contributed by atoms with Gasteiger partial charge in [-0.05, 0) is 22.0 Å². The van der Waals surface area contributed by atoms with Gasteiger partial charge in [-0.15, -0.1) is 0 Å². The maximum absolute atomic E-state index is 10.4. The van der Waals surface area contributed by atoms with Crippen LogP contribution in [0.4, 0.5) is 4.79 Å². The van der Waals surface area contributed by atoms with Gasteiger partial charge in [0.05, 0.1) is 6.54 Å². The largest absolute Gasteiger partial charge is 0.476 e. The minimum atomic E-state index is -0.971. The zero-order chi connectivity index (χ0) is 11.3. The molecule has 0 aliphatic carbocycles. The Balaban J connectivity index is 2.35. The minimum Gasteiger partial charge on any atom is -0.476 e. The number of halogens is 1. The van der Waals surface area contributed by atoms with Crippen molar-refractivity contribution in [3.8, 4) is 5.88 Å². The third-order valence-electron chi connectivity index (χ3n) is 1.69. The highest BCUT2D eigenvalue weighted by Gasteiger charge is 2.04. The summed E-state index contributed by atoms with van der Waals surface area (Å²) in [6.45, 7) is 0.593. The molecule has 1 heterocycles. The summed E-state index contributed by atoms with van der Waals surface area (Å²) in [6, 6.07) is 5.30. The van der Waals surface area contributed by atoms with Crippen molar-refractivity contribution in [2.24, 2.45) is 0 Å². The molecule has 0 atom stereocenters. The van der Waals surface area contributed by atoms with E-state index in [2.05, 4.69) is 20.9 Å². The Bertz CT molecular complexity index is 346. The van der Waals surface area contributed by atoms with Crippen molar-refractivity contribution in [3.63, 3.8) is 0 Å². The molecule has 0 saturated heterocycles. The highest BCUT2D eigenvalue weighted by Crippen LogP contribution is 2.11. The Kier molecular flexibility index (Phi) is 4.36. The number of carboxylic acid groups (broad SMARTS) is 1. The van der Waals surface area contributed by atoms with E-state index < -0.39 is 6.09 Å². The van der Waals surface area contributed by atoms with Crippen LogP contribution in [0.1, 0.15) is 0 Å². The fourth-order valence-electron chi connectivity index (χ4n) is 0.853. The maximum Gasteiger partial charge on any atom is 0.407 e. The summed E-state index contributed by atoms with van der Waals surface area (Å²) in [6.07, 6.45) is -0.971. The second kappa shape index (κ2) is 5.55. The van der Waals surface area contributed by atoms with Gasteiger partial charge in [-0.3, -0.25) is 0 Å². The number of aromatic nitrogens is 1. The Morgan fingerprint density at radius 2 is 2.40 bits per heavy atom. The molecular formula is C9H11BrN2O3. The lowest BCUT2D eigenvalue weighted by atomic mass is 10.5. The van der Waals surface area contributed by atoms with Crippen molar-refractivity contribution in [3.05, 3.63) is 22.8 Å². The first-order valence-electron chi connectivity index (χ1n) is 4.29. The van der Waals surface area contributed by atoms with E-state index in [-0.39, 0.29) is 6.61 Å². The summed E-state index contributed by atoms with van der Waals surface area (Å²) in [7, 11) is 1.49. The molecule has 0 aliphatic heterocycles. The molecule has 0 aliphatic rings. The zero-order valence-electron chi connectivity index (χ0n) is 8.18. The quantitative estimate of drug-likeness (QED) is 0.851. The lowest BCUT2D eigenvalue weighted by Crippen LogP contribution is -2.29. The van der Waals surface area contributed by atoms with Gasteiger partial charge in [-0.2, -0.15) is 0 Å². The van der Waals surface area contributed by atoms with Gasteiger partial charge < -0.3 is 14.7 Å². The molecule has 0 fully saturated rings. The van der Waals surface area contributed by atoms with Crippen molar-refractivity contribution in [1.29, 1.82) is 0 Å². The SMILES string of the molecule is CN(CCOc1cccc(Br)n1)C(=O)O. The molecule has 0 aromatic carbocycles. The molecule has 1 amide bonds. The van der Waals surface area contributed by atoms with E-state index in [9.17, 15) is 4.79 Å². The maximum atomic E-state index is 10.4. The number of amides is 1. The highest BCUT2D eigenvalue weighted by atomic mass is 79.9. The van der Waals surface area contributed by atoms with E-state index in [1.165, 1.54) is 7.05 Å². The van der Waals surface area contributed by atoms with Crippen molar-refractivity contribution in [2.75, 3.05) is 20.2 Å². The monoisotopic (exact) mass is 274 g/mol. The standard InChI is InChI=1S/C9H11BrN2O3/c1-12(9(13)14)5-6-15-8-4-2-3-7(10)11-8/h2-4H,5-6H2,1H3,(H,13,14). The topological polar surface area (TPSA) is 62.7 Å². The van der Waals surface area contributed by atoms with Crippen LogP contribution in [0.25, 0.3) is 0 Å². The molecular weight excluding hydrogens is 264 g/mol. The van der Waals surface area contributed by atoms with Gasteiger partial charge in [0.2, 0.25) is 5.88 Å². The van der Waals surface area contributed by atoms with Gasteiger partial charge >= 0.3 is 6.09 Å². The number of carbonyl (C=O) groups is 1. The summed E-state index contributed by atoms with van der Waals surface area (Å²) in [5, 5.41) is 8.57. The first-order chi connectivity index (χ1) is 7.09. The number of hydrogen-bond donors (Lipinski definition) is 1. The normalized spacial score (nSPS) is 9.73. The van der Waals surface area contributed by atoms with Crippen molar-refractivity contribution in [2.45, 2.75) is 0 Å². The smallest absolute Gasteiger partial charge is 0.407 e. The molecule has 0 spiro atoms. The number of likely N-dealkylation sites (N-methyl/N-ethyl adjacent to an activating group) is 1. The molecule has 0 radical (unpaired) electrons. The van der Waals surface area contributed by atoms with Crippen molar-refractivity contribution < 1.29 is 14.6 Å². The van der Waals surface area contributed by atoms with Gasteiger partial charge in [-0.25, -0.2) is 9.78 Å². The van der Waals surface area contributed by atoms with Gasteiger partial charge in [0.15, 0.2) is 0 Å². The Morgan fingerprint density at radius 3 is 3.00 bits per heavy atom. The predicted molar refractivity (Wildman–Crippen MR) is 58.1 cm³/mol. The van der Waals surface area contributed by atoms with Crippen LogP contribution < -0.4 is 4.74 Å². The predicted octanol–water partition coefficient (Wildman–Crippen LogP) is 1.83. The van der Waals surface area contributed by atoms with Gasteiger partial charge in [0.1, 0.15) is 11.2 Å². The fraction of sp³-hybridized carbons (Fsp3) is 0.333. The van der Waals surface area contributed by atoms with Crippen LogP contribution in [0.5, 0.6) is 5.88 Å². The van der Waals surface area contributed by atoms with Crippen LogP contribution in [0.3, 0.4) is 0 Å². The first-order valence-corrected chi connectivity index (χ1v) is 5.08. The average molecular weight is 275 g/mol. The molecule has 1 rings (SSSR count). The molecule has 15 heavy (non-hydrogen) atoms. The van der Waals surface area contributed by atoms with Crippen molar-refractivity contribution >= 4 is 22.0 Å². The molecule has 1 N–H and O–H groups in total. The summed E-state index contributed by atoms with van der Waals surface area (Å²) in [5.41, 5.74) is 0. The molecule has 6 heteroatoms. The summed E-state index contributed by atoms with van der Waals surface area (Å²) in [5.74, 6) is 0.475. The molecule has 0 bridgehead atoms. The van der Waals surface area contributed by atoms with Crippen LogP contribution in [0.15, 0.2) is 22.8 Å². The summed E-state index contributed by atoms with van der Waals surface area (Å²) in [4.78, 5) is 15.6. The number of hydrogen-bond acceptors (Lipinski definition) is 3. The minimum absolute atomic E-state index is 0.284. The molecule has 1 aromatic rings. The molecule has 0 unspecified atom stereocenters. The van der Waals surface area contributed by atoms with E-state index in [0.29, 0.717) is 17.0 Å². The second-order valence-corrected chi connectivity index (χ2v) is 3.66. The second-order valence-electron chi connectivity index (χ2n) is 2.85. The van der Waals surface area contributed by atoms with E-state index in [0.717, 1.165) is 4.90 Å². The van der Waals surface area contributed by atoms with Gasteiger partial charge in [0, 0.05) is 13.1 Å². The fourth-order valence-corrected chi connectivity index (χ4v) is 1.18. The first kappa shape index (κ1) is 11.8. The lowest BCUT2D eigenvalue weighted by Gasteiger charge is -2.12. The average Bonchev–Trinajstić information content (AvgIpc) is 2.17. The van der Waals surface area contributed by atoms with E-state index in [1.807, 2.05) is 0 Å². The third kappa shape index (κ3) is 4.16. The van der Waals surface area contributed by atoms with E-state index in [1.54, 1.807) is 18.2 Å². The Morgan fingerprint density at radius 1 is 1.67 bits per heavy atom. The summed E-state index contributed by atoms with van der Waals surface area (Å²) >= 11 is 3.21.